The molecule has 1 N–H and O–H groups in total. The molecular weight excluding hydrogens is 242 g/mol. The molecule has 0 spiro atoms. The predicted octanol–water partition coefficient (Wildman–Crippen LogP) is 1.57. The number of hydrogen-bond acceptors (Lipinski definition) is 4. The number of nitrogens with zero attached hydrogens (tertiary/aromatic N) is 3. The predicted molar refractivity (Wildman–Crippen MR) is 70.2 cm³/mol. The van der Waals surface area contributed by atoms with E-state index in [4.69, 9.17) is 5.26 Å². The largest absolute Gasteiger partial charge is 0.506 e. The number of aryl methyl sites for hydroxylation is 1. The second kappa shape index (κ2) is 5.36. The van der Waals surface area contributed by atoms with Gasteiger partial charge in [0.1, 0.15) is 11.4 Å². The lowest BCUT2D eigenvalue weighted by Crippen LogP contribution is -2.21. The highest BCUT2D eigenvalue weighted by atomic mass is 16.3. The molecule has 0 aliphatic carbocycles. The standard InChI is InChI=1S/C14H13N3O2/c1-2-10-3-5-11(6-4-10)17-14(19)9-13(18)12(16-17)7-8-15/h3-6,9,18H,2,7H2,1H3. The minimum absolute atomic E-state index is 0.0425. The van der Waals surface area contributed by atoms with Crippen LogP contribution >= 0.6 is 0 Å². The van der Waals surface area contributed by atoms with E-state index in [2.05, 4.69) is 5.10 Å². The van der Waals surface area contributed by atoms with Crippen molar-refractivity contribution in [2.24, 2.45) is 0 Å². The van der Waals surface area contributed by atoms with Crippen LogP contribution < -0.4 is 5.56 Å². The number of benzene rings is 1. The van der Waals surface area contributed by atoms with E-state index in [1.54, 1.807) is 12.1 Å². The molecule has 1 aromatic carbocycles. The van der Waals surface area contributed by atoms with Gasteiger partial charge in [-0.15, -0.1) is 0 Å². The molecule has 0 radical (unpaired) electrons. The van der Waals surface area contributed by atoms with E-state index < -0.39 is 5.56 Å². The minimum atomic E-state index is -0.427. The molecule has 1 aromatic heterocycles. The molecule has 0 aliphatic heterocycles. The van der Waals surface area contributed by atoms with Gasteiger partial charge in [-0.1, -0.05) is 19.1 Å². The van der Waals surface area contributed by atoms with Crippen molar-refractivity contribution in [3.63, 3.8) is 0 Å². The molecule has 0 saturated carbocycles. The quantitative estimate of drug-likeness (QED) is 0.902. The van der Waals surface area contributed by atoms with Gasteiger partial charge >= 0.3 is 0 Å². The van der Waals surface area contributed by atoms with E-state index in [0.717, 1.165) is 18.1 Å². The summed E-state index contributed by atoms with van der Waals surface area (Å²) in [5.41, 5.74) is 1.54. The third-order valence-electron chi connectivity index (χ3n) is 2.82. The number of rotatable bonds is 3. The maximum atomic E-state index is 11.8. The van der Waals surface area contributed by atoms with Gasteiger partial charge in [0, 0.05) is 6.07 Å². The van der Waals surface area contributed by atoms with Gasteiger partial charge in [0.15, 0.2) is 0 Å². The normalized spacial score (nSPS) is 10.1. The molecule has 0 atom stereocenters. The average molecular weight is 255 g/mol. The maximum Gasteiger partial charge on any atom is 0.275 e. The monoisotopic (exact) mass is 255 g/mol. The lowest BCUT2D eigenvalue weighted by atomic mass is 10.1. The summed E-state index contributed by atoms with van der Waals surface area (Å²) in [6, 6.07) is 10.4. The summed E-state index contributed by atoms with van der Waals surface area (Å²) in [4.78, 5) is 11.8. The molecule has 19 heavy (non-hydrogen) atoms. The molecule has 1 heterocycles. The molecule has 0 saturated heterocycles. The van der Waals surface area contributed by atoms with E-state index in [1.807, 2.05) is 25.1 Å². The van der Waals surface area contributed by atoms with Gasteiger partial charge in [-0.05, 0) is 24.1 Å². The smallest absolute Gasteiger partial charge is 0.275 e. The minimum Gasteiger partial charge on any atom is -0.506 e. The number of nitriles is 1. The van der Waals surface area contributed by atoms with Crippen LogP contribution in [-0.4, -0.2) is 14.9 Å². The molecule has 96 valence electrons. The van der Waals surface area contributed by atoms with Crippen molar-refractivity contribution in [3.05, 3.63) is 51.9 Å². The van der Waals surface area contributed by atoms with Gasteiger partial charge in [-0.3, -0.25) is 4.79 Å². The third kappa shape index (κ3) is 2.63. The van der Waals surface area contributed by atoms with Crippen LogP contribution in [0.4, 0.5) is 0 Å². The Morgan fingerprint density at radius 1 is 1.37 bits per heavy atom. The zero-order chi connectivity index (χ0) is 13.8. The highest BCUT2D eigenvalue weighted by Gasteiger charge is 2.09. The van der Waals surface area contributed by atoms with Crippen LogP contribution in [-0.2, 0) is 12.8 Å². The molecule has 0 fully saturated rings. The number of aromatic hydroxyl groups is 1. The lowest BCUT2D eigenvalue weighted by Gasteiger charge is -2.07. The van der Waals surface area contributed by atoms with Crippen LogP contribution in [0.1, 0.15) is 18.2 Å². The fraction of sp³-hybridized carbons (Fsp3) is 0.214. The molecular formula is C14H13N3O2. The Balaban J connectivity index is 2.52. The summed E-state index contributed by atoms with van der Waals surface area (Å²) >= 11 is 0. The summed E-state index contributed by atoms with van der Waals surface area (Å²) in [6.45, 7) is 2.05. The first-order chi connectivity index (χ1) is 9.15. The number of hydrogen-bond donors (Lipinski definition) is 1. The summed E-state index contributed by atoms with van der Waals surface area (Å²) in [5.74, 6) is -0.243. The first-order valence-electron chi connectivity index (χ1n) is 5.94. The third-order valence-corrected chi connectivity index (χ3v) is 2.82. The van der Waals surface area contributed by atoms with Crippen molar-refractivity contribution >= 4 is 0 Å². The Bertz CT molecular complexity index is 681. The zero-order valence-electron chi connectivity index (χ0n) is 10.5. The highest BCUT2D eigenvalue weighted by Crippen LogP contribution is 2.13. The molecule has 0 unspecified atom stereocenters. The van der Waals surface area contributed by atoms with Crippen molar-refractivity contribution in [1.29, 1.82) is 5.26 Å². The molecule has 0 aliphatic rings. The van der Waals surface area contributed by atoms with Crippen LogP contribution in [0.2, 0.25) is 0 Å². The Kier molecular flexibility index (Phi) is 3.62. The van der Waals surface area contributed by atoms with Gasteiger partial charge in [-0.2, -0.15) is 15.0 Å². The van der Waals surface area contributed by atoms with Gasteiger partial charge in [0.05, 0.1) is 18.2 Å². The first kappa shape index (κ1) is 12.8. The van der Waals surface area contributed by atoms with E-state index in [1.165, 1.54) is 4.68 Å². The van der Waals surface area contributed by atoms with Gasteiger partial charge in [0.25, 0.3) is 5.56 Å². The van der Waals surface area contributed by atoms with Crippen LogP contribution in [0.25, 0.3) is 5.69 Å². The average Bonchev–Trinajstić information content (AvgIpc) is 2.42. The van der Waals surface area contributed by atoms with Crippen LogP contribution in [0.15, 0.2) is 35.1 Å². The zero-order valence-corrected chi connectivity index (χ0v) is 10.5. The first-order valence-corrected chi connectivity index (χ1v) is 5.94. The molecule has 0 amide bonds. The Labute approximate surface area is 110 Å². The van der Waals surface area contributed by atoms with Crippen molar-refractivity contribution in [3.8, 4) is 17.5 Å². The van der Waals surface area contributed by atoms with Crippen molar-refractivity contribution in [2.45, 2.75) is 19.8 Å². The molecule has 5 heteroatoms. The SMILES string of the molecule is CCc1ccc(-n2nc(CC#N)c(O)cc2=O)cc1. The van der Waals surface area contributed by atoms with E-state index >= 15 is 0 Å². The van der Waals surface area contributed by atoms with Crippen LogP contribution in [0.3, 0.4) is 0 Å². The van der Waals surface area contributed by atoms with Crippen LogP contribution in [0.5, 0.6) is 5.75 Å². The van der Waals surface area contributed by atoms with Crippen LogP contribution in [0, 0.1) is 11.3 Å². The summed E-state index contributed by atoms with van der Waals surface area (Å²) in [7, 11) is 0. The Hall–Kier alpha value is -2.61. The second-order valence-corrected chi connectivity index (χ2v) is 4.08. The van der Waals surface area contributed by atoms with Gasteiger partial charge in [-0.25, -0.2) is 0 Å². The fourth-order valence-electron chi connectivity index (χ4n) is 1.74. The van der Waals surface area contributed by atoms with Gasteiger partial charge < -0.3 is 5.11 Å². The number of aromatic nitrogens is 2. The summed E-state index contributed by atoms with van der Waals surface area (Å²) in [5, 5.41) is 22.2. The van der Waals surface area contributed by atoms with Gasteiger partial charge in [0.2, 0.25) is 0 Å². The molecule has 0 bridgehead atoms. The second-order valence-electron chi connectivity index (χ2n) is 4.08. The van der Waals surface area contributed by atoms with E-state index in [0.29, 0.717) is 5.69 Å². The van der Waals surface area contributed by atoms with E-state index in [9.17, 15) is 9.90 Å². The summed E-state index contributed by atoms with van der Waals surface area (Å²) < 4.78 is 1.19. The Morgan fingerprint density at radius 2 is 2.05 bits per heavy atom. The molecule has 5 nitrogen and oxygen atoms in total. The maximum absolute atomic E-state index is 11.8. The Morgan fingerprint density at radius 3 is 2.63 bits per heavy atom. The summed E-state index contributed by atoms with van der Waals surface area (Å²) in [6.07, 6.45) is 0.872. The molecule has 2 rings (SSSR count). The topological polar surface area (TPSA) is 78.9 Å². The van der Waals surface area contributed by atoms with Crippen molar-refractivity contribution in [2.75, 3.05) is 0 Å². The fourth-order valence-corrected chi connectivity index (χ4v) is 1.74. The van der Waals surface area contributed by atoms with E-state index in [-0.39, 0.29) is 17.9 Å². The lowest BCUT2D eigenvalue weighted by molar-refractivity contribution is 0.459. The highest BCUT2D eigenvalue weighted by molar-refractivity contribution is 5.35. The molecule has 2 aromatic rings. The van der Waals surface area contributed by atoms with Crippen molar-refractivity contribution in [1.82, 2.24) is 9.78 Å². The van der Waals surface area contributed by atoms with Crippen molar-refractivity contribution < 1.29 is 5.11 Å².